The van der Waals surface area contributed by atoms with Crippen LogP contribution in [-0.2, 0) is 4.79 Å². The van der Waals surface area contributed by atoms with E-state index in [1.165, 1.54) is 0 Å². The van der Waals surface area contributed by atoms with E-state index in [1.807, 2.05) is 11.2 Å². The summed E-state index contributed by atoms with van der Waals surface area (Å²) in [6.45, 7) is 6.02. The Bertz CT molecular complexity index is 192. The van der Waals surface area contributed by atoms with E-state index in [2.05, 4.69) is 13.8 Å². The van der Waals surface area contributed by atoms with Gasteiger partial charge in [0.05, 0.1) is 6.04 Å². The Labute approximate surface area is 111 Å². The molecule has 2 N–H and O–H groups in total. The number of nitrogens with two attached hydrogens (primary N) is 1. The summed E-state index contributed by atoms with van der Waals surface area (Å²) in [4.78, 5) is 14.1. The molecule has 0 radical (unpaired) electrons. The lowest BCUT2D eigenvalue weighted by Gasteiger charge is -2.25. The second-order valence-corrected chi connectivity index (χ2v) is 5.41. The lowest BCUT2D eigenvalue weighted by molar-refractivity contribution is -0.132. The van der Waals surface area contributed by atoms with E-state index in [0.717, 1.165) is 50.9 Å². The normalized spacial score (nSPS) is 12.5. The highest BCUT2D eigenvalue weighted by atomic mass is 32.2. The number of nitrogens with zero attached hydrogens (tertiary/aromatic N) is 1. The summed E-state index contributed by atoms with van der Waals surface area (Å²) < 4.78 is 0. The maximum Gasteiger partial charge on any atom is 0.239 e. The van der Waals surface area contributed by atoms with Gasteiger partial charge >= 0.3 is 0 Å². The van der Waals surface area contributed by atoms with Crippen LogP contribution in [0.5, 0.6) is 0 Å². The number of unbranched alkanes of at least 4 members (excludes halogenated alkanes) is 2. The number of hydrogen-bond donors (Lipinski definition) is 1. The van der Waals surface area contributed by atoms with Crippen LogP contribution in [0.25, 0.3) is 0 Å². The first-order valence-electron chi connectivity index (χ1n) is 6.70. The van der Waals surface area contributed by atoms with E-state index in [1.54, 1.807) is 11.8 Å². The Morgan fingerprint density at radius 3 is 2.18 bits per heavy atom. The third-order valence-corrected chi connectivity index (χ3v) is 3.47. The molecule has 0 aromatic rings. The van der Waals surface area contributed by atoms with Gasteiger partial charge in [-0.3, -0.25) is 4.79 Å². The number of thioether (sulfide) groups is 1. The van der Waals surface area contributed by atoms with Gasteiger partial charge in [0.25, 0.3) is 0 Å². The zero-order chi connectivity index (χ0) is 13.1. The molecule has 4 heteroatoms. The van der Waals surface area contributed by atoms with Crippen LogP contribution in [-0.4, -0.2) is 41.9 Å². The Hall–Kier alpha value is -0.220. The Balaban J connectivity index is 4.18. The van der Waals surface area contributed by atoms with Crippen LogP contribution in [0.4, 0.5) is 0 Å². The van der Waals surface area contributed by atoms with E-state index < -0.39 is 0 Å². The van der Waals surface area contributed by atoms with Crippen molar-refractivity contribution < 1.29 is 4.79 Å². The van der Waals surface area contributed by atoms with Crippen molar-refractivity contribution >= 4 is 17.7 Å². The average molecular weight is 260 g/mol. The van der Waals surface area contributed by atoms with Crippen molar-refractivity contribution in [2.24, 2.45) is 5.73 Å². The third-order valence-electron chi connectivity index (χ3n) is 2.83. The zero-order valence-corrected chi connectivity index (χ0v) is 12.4. The van der Waals surface area contributed by atoms with Crippen molar-refractivity contribution in [2.75, 3.05) is 25.1 Å². The summed E-state index contributed by atoms with van der Waals surface area (Å²) in [5.41, 5.74) is 5.94. The van der Waals surface area contributed by atoms with Crippen LogP contribution in [0.2, 0.25) is 0 Å². The van der Waals surface area contributed by atoms with Gasteiger partial charge in [0.1, 0.15) is 0 Å². The number of hydrogen-bond acceptors (Lipinski definition) is 3. The predicted molar refractivity (Wildman–Crippen MR) is 77.4 cm³/mol. The lowest BCUT2D eigenvalue weighted by atomic mass is 10.2. The minimum Gasteiger partial charge on any atom is -0.341 e. The van der Waals surface area contributed by atoms with Crippen LogP contribution in [0, 0.1) is 0 Å². The van der Waals surface area contributed by atoms with Crippen LogP contribution in [0.3, 0.4) is 0 Å². The molecule has 0 aliphatic heterocycles. The fourth-order valence-electron chi connectivity index (χ4n) is 1.63. The second-order valence-electron chi connectivity index (χ2n) is 4.42. The van der Waals surface area contributed by atoms with Gasteiger partial charge in [-0.25, -0.2) is 0 Å². The molecule has 17 heavy (non-hydrogen) atoms. The summed E-state index contributed by atoms with van der Waals surface area (Å²) in [5, 5.41) is 0. The Morgan fingerprint density at radius 2 is 1.76 bits per heavy atom. The molecule has 0 rings (SSSR count). The molecule has 0 aliphatic carbocycles. The van der Waals surface area contributed by atoms with Gasteiger partial charge in [-0.2, -0.15) is 11.8 Å². The summed E-state index contributed by atoms with van der Waals surface area (Å²) in [6, 6.07) is -0.309. The molecule has 0 aliphatic rings. The van der Waals surface area contributed by atoms with Crippen molar-refractivity contribution in [2.45, 2.75) is 52.0 Å². The molecule has 1 atom stereocenters. The van der Waals surface area contributed by atoms with Gasteiger partial charge in [0.15, 0.2) is 0 Å². The summed E-state index contributed by atoms with van der Waals surface area (Å²) in [7, 11) is 0. The smallest absolute Gasteiger partial charge is 0.239 e. The Morgan fingerprint density at radius 1 is 1.24 bits per heavy atom. The fraction of sp³-hybridized carbons (Fsp3) is 0.923. The van der Waals surface area contributed by atoms with E-state index >= 15 is 0 Å². The first kappa shape index (κ1) is 16.8. The highest BCUT2D eigenvalue weighted by molar-refractivity contribution is 7.98. The van der Waals surface area contributed by atoms with Crippen LogP contribution < -0.4 is 5.73 Å². The predicted octanol–water partition coefficient (Wildman–Crippen LogP) is 2.50. The highest BCUT2D eigenvalue weighted by Crippen LogP contribution is 2.06. The van der Waals surface area contributed by atoms with E-state index in [-0.39, 0.29) is 11.9 Å². The maximum absolute atomic E-state index is 12.2. The molecule has 3 nitrogen and oxygen atoms in total. The maximum atomic E-state index is 12.2. The minimum absolute atomic E-state index is 0.140. The van der Waals surface area contributed by atoms with Gasteiger partial charge in [-0.1, -0.05) is 26.7 Å². The van der Waals surface area contributed by atoms with Crippen molar-refractivity contribution in [1.29, 1.82) is 0 Å². The van der Waals surface area contributed by atoms with Gasteiger partial charge in [-0.05, 0) is 31.3 Å². The van der Waals surface area contributed by atoms with Crippen LogP contribution in [0.15, 0.2) is 0 Å². The third kappa shape index (κ3) is 7.66. The topological polar surface area (TPSA) is 46.3 Å². The van der Waals surface area contributed by atoms with Crippen LogP contribution in [0.1, 0.15) is 46.0 Å². The van der Waals surface area contributed by atoms with Crippen molar-refractivity contribution in [3.05, 3.63) is 0 Å². The zero-order valence-electron chi connectivity index (χ0n) is 11.6. The van der Waals surface area contributed by atoms with Crippen LogP contribution >= 0.6 is 11.8 Å². The monoisotopic (exact) mass is 260 g/mol. The number of carbonyl (C=O) groups excluding carboxylic acids is 1. The fourth-order valence-corrected chi connectivity index (χ4v) is 2.12. The number of rotatable bonds is 10. The molecule has 0 spiro atoms. The van der Waals surface area contributed by atoms with Crippen molar-refractivity contribution in [1.82, 2.24) is 4.90 Å². The standard InChI is InChI=1S/C13H28N2OS/c1-4-6-9-15(10-7-5-2)13(16)12(14)8-11-17-3/h12H,4-11,14H2,1-3H3/t12-/m0/s1. The molecule has 0 saturated carbocycles. The second kappa shape index (κ2) is 10.9. The van der Waals surface area contributed by atoms with Gasteiger partial charge in [0.2, 0.25) is 5.91 Å². The van der Waals surface area contributed by atoms with Gasteiger partial charge in [0, 0.05) is 13.1 Å². The number of amides is 1. The summed E-state index contributed by atoms with van der Waals surface area (Å²) in [5.74, 6) is 1.10. The lowest BCUT2D eigenvalue weighted by Crippen LogP contribution is -2.44. The molecule has 0 saturated heterocycles. The van der Waals surface area contributed by atoms with Gasteiger partial charge < -0.3 is 10.6 Å². The molecule has 1 amide bonds. The van der Waals surface area contributed by atoms with Crippen molar-refractivity contribution in [3.8, 4) is 0 Å². The highest BCUT2D eigenvalue weighted by Gasteiger charge is 2.19. The minimum atomic E-state index is -0.309. The molecule has 102 valence electrons. The molecule has 0 bridgehead atoms. The van der Waals surface area contributed by atoms with Gasteiger partial charge in [-0.15, -0.1) is 0 Å². The summed E-state index contributed by atoms with van der Waals surface area (Å²) in [6.07, 6.45) is 7.22. The molecular formula is C13H28N2OS. The largest absolute Gasteiger partial charge is 0.341 e. The van der Waals surface area contributed by atoms with E-state index in [0.29, 0.717) is 0 Å². The molecule has 0 aromatic heterocycles. The molecular weight excluding hydrogens is 232 g/mol. The van der Waals surface area contributed by atoms with Crippen molar-refractivity contribution in [3.63, 3.8) is 0 Å². The molecule has 0 aromatic carbocycles. The van der Waals surface area contributed by atoms with E-state index in [4.69, 9.17) is 5.73 Å². The quantitative estimate of drug-likeness (QED) is 0.656. The first-order valence-corrected chi connectivity index (χ1v) is 8.10. The molecule has 0 unspecified atom stereocenters. The first-order chi connectivity index (χ1) is 8.17. The number of carbonyl (C=O) groups is 1. The SMILES string of the molecule is CCCCN(CCCC)C(=O)[C@@H](N)CCSC. The Kier molecular flexibility index (Phi) is 10.8. The molecule has 0 heterocycles. The molecule has 0 fully saturated rings. The summed E-state index contributed by atoms with van der Waals surface area (Å²) >= 11 is 1.74. The van der Waals surface area contributed by atoms with E-state index in [9.17, 15) is 4.79 Å². The average Bonchev–Trinajstić information content (AvgIpc) is 2.35.